The number of amides is 2. The number of ether oxygens (including phenoxy) is 2. The first kappa shape index (κ1) is 27.7. The maximum atomic E-state index is 12.9. The fraction of sp³-hybridized carbons (Fsp3) is 0.433. The first-order valence-electron chi connectivity index (χ1n) is 13.6. The van der Waals surface area contributed by atoms with Gasteiger partial charge in [0.05, 0.1) is 17.7 Å². The zero-order chi connectivity index (χ0) is 28.4. The molecule has 1 saturated heterocycles. The van der Waals surface area contributed by atoms with Crippen LogP contribution in [0.1, 0.15) is 59.7 Å². The van der Waals surface area contributed by atoms with Gasteiger partial charge in [-0.15, -0.1) is 13.2 Å². The molecule has 212 valence electrons. The number of fused-ring (bicyclic) bond motifs is 1. The van der Waals surface area contributed by atoms with E-state index in [1.54, 1.807) is 30.0 Å². The van der Waals surface area contributed by atoms with Crippen LogP contribution in [-0.2, 0) is 17.6 Å². The standard InChI is InChI=1S/C30H32F3N3O4/c1-2-19-13-18(3-7-26(19)40-30(31,32)33)14-28(37)36-11-9-23(10-12-36)39-27-8-5-21(16-24(27)29(34)38)25-6-4-20-15-22(20)17-35-25/h3,5-8,13,16-17,20,22-23H,2,4,9-12,14-15H2,1H3,(H2,34,38). The Labute approximate surface area is 230 Å². The fourth-order valence-corrected chi connectivity index (χ4v) is 5.33. The lowest BCUT2D eigenvalue weighted by Gasteiger charge is -2.32. The summed E-state index contributed by atoms with van der Waals surface area (Å²) in [5.74, 6) is 0.699. The van der Waals surface area contributed by atoms with Crippen molar-refractivity contribution in [1.82, 2.24) is 4.90 Å². The third-order valence-corrected chi connectivity index (χ3v) is 7.71. The molecular weight excluding hydrogens is 523 g/mol. The average molecular weight is 556 g/mol. The van der Waals surface area contributed by atoms with Gasteiger partial charge in [0, 0.05) is 37.7 Å². The molecule has 40 heavy (non-hydrogen) atoms. The van der Waals surface area contributed by atoms with Gasteiger partial charge in [0.25, 0.3) is 5.91 Å². The number of halogens is 3. The van der Waals surface area contributed by atoms with Crippen molar-refractivity contribution in [2.24, 2.45) is 22.6 Å². The molecule has 0 spiro atoms. The molecule has 10 heteroatoms. The lowest BCUT2D eigenvalue weighted by atomic mass is 10.0. The number of alkyl halides is 3. The highest BCUT2D eigenvalue weighted by Gasteiger charge is 2.36. The minimum atomic E-state index is -4.77. The monoisotopic (exact) mass is 555 g/mol. The van der Waals surface area contributed by atoms with E-state index in [1.165, 1.54) is 18.6 Å². The van der Waals surface area contributed by atoms with Gasteiger partial charge in [0.2, 0.25) is 5.91 Å². The SMILES string of the molecule is CCc1cc(CC(=O)N2CCC(Oc3ccc(C4=CCC5CC5C=N4)cc3C(N)=O)CC2)ccc1OC(F)(F)F. The molecule has 2 N–H and O–H groups in total. The molecule has 2 heterocycles. The summed E-state index contributed by atoms with van der Waals surface area (Å²) in [4.78, 5) is 31.5. The number of nitrogens with two attached hydrogens (primary N) is 1. The van der Waals surface area contributed by atoms with Gasteiger partial charge < -0.3 is 20.1 Å². The predicted octanol–water partition coefficient (Wildman–Crippen LogP) is 5.31. The minimum Gasteiger partial charge on any atom is -0.489 e. The van der Waals surface area contributed by atoms with Crippen LogP contribution in [0.4, 0.5) is 13.2 Å². The summed E-state index contributed by atoms with van der Waals surface area (Å²) in [7, 11) is 0. The van der Waals surface area contributed by atoms with Gasteiger partial charge in [-0.2, -0.15) is 0 Å². The van der Waals surface area contributed by atoms with E-state index in [0.29, 0.717) is 66.6 Å². The van der Waals surface area contributed by atoms with E-state index in [9.17, 15) is 22.8 Å². The molecule has 2 unspecified atom stereocenters. The quantitative estimate of drug-likeness (QED) is 0.478. The van der Waals surface area contributed by atoms with Gasteiger partial charge in [-0.25, -0.2) is 0 Å². The lowest BCUT2D eigenvalue weighted by Crippen LogP contribution is -2.42. The van der Waals surface area contributed by atoms with Crippen LogP contribution < -0.4 is 15.2 Å². The zero-order valence-electron chi connectivity index (χ0n) is 22.2. The van der Waals surface area contributed by atoms with Crippen molar-refractivity contribution >= 4 is 23.7 Å². The largest absolute Gasteiger partial charge is 0.573 e. The van der Waals surface area contributed by atoms with Crippen LogP contribution in [0.15, 0.2) is 47.5 Å². The number of piperidine rings is 1. The number of aliphatic imine (C=N–C) groups is 1. The molecule has 5 rings (SSSR count). The van der Waals surface area contributed by atoms with Crippen molar-refractivity contribution in [3.05, 3.63) is 64.7 Å². The topological polar surface area (TPSA) is 94.2 Å². The normalized spacial score (nSPS) is 20.8. The molecule has 2 aliphatic heterocycles. The van der Waals surface area contributed by atoms with E-state index in [1.807, 2.05) is 12.3 Å². The Hall–Kier alpha value is -3.82. The lowest BCUT2D eigenvalue weighted by molar-refractivity contribution is -0.274. The molecule has 1 saturated carbocycles. The zero-order valence-corrected chi connectivity index (χ0v) is 22.2. The van der Waals surface area contributed by atoms with E-state index in [-0.39, 0.29) is 24.2 Å². The Kier molecular flexibility index (Phi) is 7.87. The van der Waals surface area contributed by atoms with Gasteiger partial charge in [-0.1, -0.05) is 25.1 Å². The van der Waals surface area contributed by atoms with E-state index in [2.05, 4.69) is 15.8 Å². The average Bonchev–Trinajstić information content (AvgIpc) is 3.69. The smallest absolute Gasteiger partial charge is 0.489 e. The maximum absolute atomic E-state index is 12.9. The summed E-state index contributed by atoms with van der Waals surface area (Å²) in [6.07, 6.45) is 2.86. The number of aryl methyl sites for hydroxylation is 1. The van der Waals surface area contributed by atoms with Crippen LogP contribution in [0, 0.1) is 11.8 Å². The summed E-state index contributed by atoms with van der Waals surface area (Å²) in [6, 6.07) is 9.71. The number of nitrogens with zero attached hydrogens (tertiary/aromatic N) is 2. The van der Waals surface area contributed by atoms with Crippen LogP contribution in [-0.4, -0.2) is 48.5 Å². The molecule has 2 aromatic carbocycles. The molecular formula is C30H32F3N3O4. The van der Waals surface area contributed by atoms with Gasteiger partial charge in [0.15, 0.2) is 0 Å². The second-order valence-electron chi connectivity index (χ2n) is 10.6. The summed E-state index contributed by atoms with van der Waals surface area (Å²) >= 11 is 0. The molecule has 0 radical (unpaired) electrons. The van der Waals surface area contributed by atoms with Crippen molar-refractivity contribution in [3.63, 3.8) is 0 Å². The first-order chi connectivity index (χ1) is 19.1. The third kappa shape index (κ3) is 6.66. The van der Waals surface area contributed by atoms with Crippen LogP contribution >= 0.6 is 0 Å². The number of rotatable bonds is 8. The summed E-state index contributed by atoms with van der Waals surface area (Å²) in [5, 5.41) is 0. The van der Waals surface area contributed by atoms with Gasteiger partial charge in [-0.3, -0.25) is 14.6 Å². The van der Waals surface area contributed by atoms with E-state index in [4.69, 9.17) is 10.5 Å². The highest BCUT2D eigenvalue weighted by Crippen LogP contribution is 2.43. The van der Waals surface area contributed by atoms with Crippen molar-refractivity contribution in [2.75, 3.05) is 13.1 Å². The molecule has 3 aliphatic rings. The van der Waals surface area contributed by atoms with E-state index < -0.39 is 12.3 Å². The second kappa shape index (κ2) is 11.3. The van der Waals surface area contributed by atoms with E-state index >= 15 is 0 Å². The highest BCUT2D eigenvalue weighted by molar-refractivity contribution is 5.97. The number of hydrogen-bond acceptors (Lipinski definition) is 5. The Morgan fingerprint density at radius 3 is 2.55 bits per heavy atom. The summed E-state index contributed by atoms with van der Waals surface area (Å²) in [6.45, 7) is 2.66. The Morgan fingerprint density at radius 1 is 1.10 bits per heavy atom. The summed E-state index contributed by atoms with van der Waals surface area (Å²) < 4.78 is 48.2. The maximum Gasteiger partial charge on any atom is 0.573 e. The molecule has 1 aliphatic carbocycles. The molecule has 2 atom stereocenters. The molecule has 7 nitrogen and oxygen atoms in total. The summed E-state index contributed by atoms with van der Waals surface area (Å²) in [5.41, 5.74) is 8.66. The number of carbonyl (C=O) groups excluding carboxylic acids is 2. The molecule has 0 aromatic heterocycles. The van der Waals surface area contributed by atoms with Crippen molar-refractivity contribution in [1.29, 1.82) is 0 Å². The Morgan fingerprint density at radius 2 is 1.85 bits per heavy atom. The second-order valence-corrected chi connectivity index (χ2v) is 10.6. The van der Waals surface area contributed by atoms with Crippen molar-refractivity contribution < 1.29 is 32.2 Å². The molecule has 2 fully saturated rings. The van der Waals surface area contributed by atoms with Crippen LogP contribution in [0.25, 0.3) is 5.70 Å². The first-order valence-corrected chi connectivity index (χ1v) is 13.6. The van der Waals surface area contributed by atoms with Crippen LogP contribution in [0.5, 0.6) is 11.5 Å². The third-order valence-electron chi connectivity index (χ3n) is 7.71. The van der Waals surface area contributed by atoms with Crippen molar-refractivity contribution in [2.45, 2.75) is 57.9 Å². The highest BCUT2D eigenvalue weighted by atomic mass is 19.4. The van der Waals surface area contributed by atoms with Gasteiger partial charge in [0.1, 0.15) is 17.6 Å². The number of primary amides is 1. The Bertz CT molecular complexity index is 1350. The molecule has 0 bridgehead atoms. The number of carbonyl (C=O) groups is 2. The number of benzene rings is 2. The predicted molar refractivity (Wildman–Crippen MR) is 144 cm³/mol. The van der Waals surface area contributed by atoms with Gasteiger partial charge in [-0.05, 0) is 66.5 Å². The number of hydrogen-bond donors (Lipinski definition) is 1. The Balaban J connectivity index is 1.18. The van der Waals surface area contributed by atoms with Crippen LogP contribution in [0.3, 0.4) is 0 Å². The fourth-order valence-electron chi connectivity index (χ4n) is 5.33. The van der Waals surface area contributed by atoms with E-state index in [0.717, 1.165) is 17.7 Å². The van der Waals surface area contributed by atoms with Gasteiger partial charge >= 0.3 is 6.36 Å². The molecule has 2 amide bonds. The minimum absolute atomic E-state index is 0.0813. The number of likely N-dealkylation sites (tertiary alicyclic amines) is 1. The number of allylic oxidation sites excluding steroid dienone is 1. The van der Waals surface area contributed by atoms with Crippen LogP contribution in [0.2, 0.25) is 0 Å². The molecule has 2 aromatic rings. The van der Waals surface area contributed by atoms with Crippen molar-refractivity contribution in [3.8, 4) is 11.5 Å².